The van der Waals surface area contributed by atoms with Crippen LogP contribution in [0.4, 0.5) is 0 Å². The average molecular weight is 597 g/mol. The van der Waals surface area contributed by atoms with Crippen molar-refractivity contribution in [2.75, 3.05) is 21.3 Å². The normalized spacial score (nSPS) is 11.2. The SMILES string of the molecule is COc1ccnc(-n2c3ccccc3c3ccc(Oc4cccc(-n5cc(-c6c(OC)c(C)cc(C)c6OC)cn5)c4)cc32)c1. The average Bonchev–Trinajstić information content (AvgIpc) is 3.68. The van der Waals surface area contributed by atoms with Gasteiger partial charge in [-0.3, -0.25) is 4.57 Å². The fourth-order valence-electron chi connectivity index (χ4n) is 6.07. The lowest BCUT2D eigenvalue weighted by molar-refractivity contribution is 0.393. The van der Waals surface area contributed by atoms with E-state index in [4.69, 9.17) is 18.9 Å². The molecule has 8 nitrogen and oxygen atoms in total. The standard InChI is InChI=1S/C37H32N4O4/c1-23-17-24(2)37(44-5)35(36(23)43-4)25-21-39-40(22-25)26-9-8-10-28(18-26)45-29-13-14-31-30-11-6-7-12-32(30)41(33(31)19-29)34-20-27(42-3)15-16-38-34/h6-22H,1-5H3. The van der Waals surface area contributed by atoms with Gasteiger partial charge in [0.2, 0.25) is 0 Å². The third-order valence-corrected chi connectivity index (χ3v) is 8.03. The molecule has 0 saturated carbocycles. The molecule has 224 valence electrons. The summed E-state index contributed by atoms with van der Waals surface area (Å²) in [6.07, 6.45) is 5.56. The molecule has 7 aromatic rings. The van der Waals surface area contributed by atoms with Gasteiger partial charge in [-0.2, -0.15) is 5.10 Å². The molecule has 3 aromatic heterocycles. The van der Waals surface area contributed by atoms with Crippen molar-refractivity contribution in [3.8, 4) is 51.4 Å². The van der Waals surface area contributed by atoms with Crippen molar-refractivity contribution in [3.63, 3.8) is 0 Å². The van der Waals surface area contributed by atoms with Crippen LogP contribution in [0.2, 0.25) is 0 Å². The van der Waals surface area contributed by atoms with E-state index in [1.54, 1.807) is 27.5 Å². The molecule has 4 aromatic carbocycles. The summed E-state index contributed by atoms with van der Waals surface area (Å²) in [5, 5.41) is 6.92. The second-order valence-electron chi connectivity index (χ2n) is 10.8. The lowest BCUT2D eigenvalue weighted by atomic mass is 9.99. The first kappa shape index (κ1) is 28.0. The van der Waals surface area contributed by atoms with Gasteiger partial charge in [-0.1, -0.05) is 24.3 Å². The van der Waals surface area contributed by atoms with Crippen molar-refractivity contribution < 1.29 is 18.9 Å². The zero-order valence-corrected chi connectivity index (χ0v) is 25.7. The highest BCUT2D eigenvalue weighted by molar-refractivity contribution is 6.09. The van der Waals surface area contributed by atoms with Gasteiger partial charge >= 0.3 is 0 Å². The number of benzene rings is 4. The lowest BCUT2D eigenvalue weighted by Crippen LogP contribution is -1.98. The second kappa shape index (κ2) is 11.4. The first-order valence-electron chi connectivity index (χ1n) is 14.6. The summed E-state index contributed by atoms with van der Waals surface area (Å²) in [6.45, 7) is 4.06. The second-order valence-corrected chi connectivity index (χ2v) is 10.8. The van der Waals surface area contributed by atoms with Crippen LogP contribution < -0.4 is 18.9 Å². The number of aromatic nitrogens is 4. The van der Waals surface area contributed by atoms with E-state index in [1.165, 1.54) is 0 Å². The molecule has 0 aliphatic carbocycles. The van der Waals surface area contributed by atoms with Crippen molar-refractivity contribution in [2.45, 2.75) is 13.8 Å². The van der Waals surface area contributed by atoms with Crippen molar-refractivity contribution in [1.82, 2.24) is 19.3 Å². The van der Waals surface area contributed by atoms with E-state index in [0.717, 1.165) is 72.8 Å². The third-order valence-electron chi connectivity index (χ3n) is 8.03. The number of ether oxygens (including phenoxy) is 4. The molecule has 0 atom stereocenters. The summed E-state index contributed by atoms with van der Waals surface area (Å²) >= 11 is 0. The van der Waals surface area contributed by atoms with Gasteiger partial charge in [0.05, 0.1) is 49.8 Å². The van der Waals surface area contributed by atoms with E-state index in [-0.39, 0.29) is 0 Å². The van der Waals surface area contributed by atoms with Crippen LogP contribution in [-0.4, -0.2) is 40.7 Å². The molecule has 45 heavy (non-hydrogen) atoms. The zero-order chi connectivity index (χ0) is 31.1. The van der Waals surface area contributed by atoms with Gasteiger partial charge in [0.15, 0.2) is 0 Å². The molecular weight excluding hydrogens is 564 g/mol. The van der Waals surface area contributed by atoms with E-state index >= 15 is 0 Å². The van der Waals surface area contributed by atoms with E-state index < -0.39 is 0 Å². The van der Waals surface area contributed by atoms with Crippen LogP contribution in [0.15, 0.2) is 104 Å². The summed E-state index contributed by atoms with van der Waals surface area (Å²) in [5.74, 6) is 4.44. The fourth-order valence-corrected chi connectivity index (χ4v) is 6.07. The topological polar surface area (TPSA) is 72.6 Å². The van der Waals surface area contributed by atoms with Crippen LogP contribution in [0.5, 0.6) is 28.7 Å². The monoisotopic (exact) mass is 596 g/mol. The number of fused-ring (bicyclic) bond motifs is 3. The first-order chi connectivity index (χ1) is 22.0. The quantitative estimate of drug-likeness (QED) is 0.175. The van der Waals surface area contributed by atoms with Crippen molar-refractivity contribution in [3.05, 3.63) is 115 Å². The Bertz CT molecular complexity index is 2170. The maximum absolute atomic E-state index is 6.44. The number of methoxy groups -OCH3 is 3. The van der Waals surface area contributed by atoms with Crippen LogP contribution in [0.3, 0.4) is 0 Å². The number of aryl methyl sites for hydroxylation is 2. The van der Waals surface area contributed by atoms with E-state index in [1.807, 2.05) is 91.6 Å². The molecule has 0 fully saturated rings. The molecule has 0 amide bonds. The van der Waals surface area contributed by atoms with Crippen molar-refractivity contribution in [1.29, 1.82) is 0 Å². The van der Waals surface area contributed by atoms with Crippen LogP contribution in [0.1, 0.15) is 11.1 Å². The van der Waals surface area contributed by atoms with Gasteiger partial charge in [-0.05, 0) is 67.4 Å². The molecule has 7 rings (SSSR count). The van der Waals surface area contributed by atoms with Crippen LogP contribution >= 0.6 is 0 Å². The zero-order valence-electron chi connectivity index (χ0n) is 25.7. The molecule has 0 aliphatic heterocycles. The Morgan fingerprint density at radius 1 is 0.644 bits per heavy atom. The third kappa shape index (κ3) is 4.90. The Balaban J connectivity index is 1.25. The van der Waals surface area contributed by atoms with E-state index in [9.17, 15) is 0 Å². The summed E-state index contributed by atoms with van der Waals surface area (Å²) < 4.78 is 27.4. The molecule has 0 saturated heterocycles. The Morgan fingerprint density at radius 2 is 1.40 bits per heavy atom. The summed E-state index contributed by atoms with van der Waals surface area (Å²) in [4.78, 5) is 4.66. The fraction of sp³-hybridized carbons (Fsp3) is 0.135. The van der Waals surface area contributed by atoms with Crippen molar-refractivity contribution >= 4 is 21.8 Å². The largest absolute Gasteiger partial charge is 0.497 e. The number of pyridine rings is 1. The molecule has 3 heterocycles. The van der Waals surface area contributed by atoms with Crippen LogP contribution in [0.25, 0.3) is 44.4 Å². The smallest absolute Gasteiger partial charge is 0.141 e. The van der Waals surface area contributed by atoms with Crippen LogP contribution in [0, 0.1) is 13.8 Å². The molecule has 0 aliphatic rings. The number of rotatable bonds is 8. The van der Waals surface area contributed by atoms with Gasteiger partial charge in [0.25, 0.3) is 0 Å². The minimum Gasteiger partial charge on any atom is -0.497 e. The predicted octanol–water partition coefficient (Wildman–Crippen LogP) is 8.47. The van der Waals surface area contributed by atoms with E-state index in [2.05, 4.69) is 38.9 Å². The van der Waals surface area contributed by atoms with Crippen molar-refractivity contribution in [2.24, 2.45) is 0 Å². The van der Waals surface area contributed by atoms with E-state index in [0.29, 0.717) is 11.5 Å². The molecule has 0 spiro atoms. The Labute approximate surface area is 261 Å². The lowest BCUT2D eigenvalue weighted by Gasteiger charge is -2.16. The van der Waals surface area contributed by atoms with Gasteiger partial charge in [-0.25, -0.2) is 9.67 Å². The number of para-hydroxylation sites is 1. The molecule has 8 heteroatoms. The number of hydrogen-bond donors (Lipinski definition) is 0. The molecule has 0 bridgehead atoms. The molecule has 0 N–H and O–H groups in total. The minimum absolute atomic E-state index is 0.688. The van der Waals surface area contributed by atoms with Gasteiger partial charge in [-0.15, -0.1) is 0 Å². The number of hydrogen-bond acceptors (Lipinski definition) is 6. The Kier molecular flexibility index (Phi) is 7.10. The molecular formula is C37H32N4O4. The maximum Gasteiger partial charge on any atom is 0.141 e. The maximum atomic E-state index is 6.44. The van der Waals surface area contributed by atoms with Crippen LogP contribution in [-0.2, 0) is 0 Å². The number of nitrogens with zero attached hydrogens (tertiary/aromatic N) is 4. The molecule has 0 unspecified atom stereocenters. The Morgan fingerprint density at radius 3 is 2.18 bits per heavy atom. The predicted molar refractivity (Wildman–Crippen MR) is 177 cm³/mol. The summed E-state index contributed by atoms with van der Waals surface area (Å²) in [6, 6.07) is 28.2. The molecule has 0 radical (unpaired) electrons. The minimum atomic E-state index is 0.688. The first-order valence-corrected chi connectivity index (χ1v) is 14.6. The highest BCUT2D eigenvalue weighted by atomic mass is 16.5. The summed E-state index contributed by atoms with van der Waals surface area (Å²) in [5.41, 5.74) is 6.74. The van der Waals surface area contributed by atoms with Gasteiger partial charge < -0.3 is 18.9 Å². The highest BCUT2D eigenvalue weighted by Crippen LogP contribution is 2.43. The van der Waals surface area contributed by atoms with Gasteiger partial charge in [0.1, 0.15) is 34.6 Å². The highest BCUT2D eigenvalue weighted by Gasteiger charge is 2.20. The Hall–Kier alpha value is -5.76. The summed E-state index contributed by atoms with van der Waals surface area (Å²) in [7, 11) is 5.01. The van der Waals surface area contributed by atoms with Gasteiger partial charge in [0, 0.05) is 46.9 Å².